The van der Waals surface area contributed by atoms with Crippen LogP contribution >= 0.6 is 35.4 Å². The zero-order chi connectivity index (χ0) is 22.2. The average molecular weight is 480 g/mol. The number of benzene rings is 2. The molecule has 3 heterocycles. The van der Waals surface area contributed by atoms with Gasteiger partial charge in [0.25, 0.3) is 0 Å². The molecule has 160 valence electrons. The van der Waals surface area contributed by atoms with Crippen LogP contribution in [0.4, 0.5) is 5.69 Å². The number of aryl methyl sites for hydroxylation is 1. The molecule has 5 rings (SSSR count). The zero-order valence-corrected chi connectivity index (χ0v) is 19.5. The highest BCUT2D eigenvalue weighted by atomic mass is 35.5. The van der Waals surface area contributed by atoms with E-state index in [0.29, 0.717) is 20.9 Å². The first-order valence-electron chi connectivity index (χ1n) is 10.1. The molecule has 0 spiro atoms. The van der Waals surface area contributed by atoms with Crippen molar-refractivity contribution in [3.05, 3.63) is 106 Å². The van der Waals surface area contributed by atoms with Crippen LogP contribution in [-0.2, 0) is 0 Å². The SMILES string of the molecule is Cc1cccc(N2C(=S)NC(c3ccccn3)C2c2ccc(-c3ccc(Cl)cc3Cl)o2)c1. The number of nitrogens with zero attached hydrogens (tertiary/aromatic N) is 2. The van der Waals surface area contributed by atoms with Crippen molar-refractivity contribution in [2.45, 2.75) is 19.0 Å². The predicted molar refractivity (Wildman–Crippen MR) is 133 cm³/mol. The van der Waals surface area contributed by atoms with Crippen LogP contribution in [0, 0.1) is 6.92 Å². The molecule has 0 saturated carbocycles. The largest absolute Gasteiger partial charge is 0.459 e. The highest BCUT2D eigenvalue weighted by Crippen LogP contribution is 2.43. The molecule has 0 amide bonds. The minimum absolute atomic E-state index is 0.177. The first kappa shape index (κ1) is 21.0. The molecule has 1 N–H and O–H groups in total. The summed E-state index contributed by atoms with van der Waals surface area (Å²) in [7, 11) is 0. The fourth-order valence-corrected chi connectivity index (χ4v) is 4.89. The van der Waals surface area contributed by atoms with E-state index in [-0.39, 0.29) is 12.1 Å². The van der Waals surface area contributed by atoms with Gasteiger partial charge in [-0.15, -0.1) is 0 Å². The molecule has 1 fully saturated rings. The highest BCUT2D eigenvalue weighted by Gasteiger charge is 2.42. The standard InChI is InChI=1S/C25H19Cl2N3OS/c1-15-5-4-6-17(13-15)30-24(23(29-25(30)32)20-7-2-3-12-28-20)22-11-10-21(31-22)18-9-8-16(26)14-19(18)27/h2-14,23-24H,1H3,(H,29,32). The molecule has 7 heteroatoms. The molecule has 2 aromatic heterocycles. The molecule has 1 aliphatic heterocycles. The van der Waals surface area contributed by atoms with Gasteiger partial charge in [0.15, 0.2) is 5.11 Å². The summed E-state index contributed by atoms with van der Waals surface area (Å²) in [4.78, 5) is 6.67. The van der Waals surface area contributed by atoms with Gasteiger partial charge in [0.05, 0.1) is 16.8 Å². The van der Waals surface area contributed by atoms with Gasteiger partial charge >= 0.3 is 0 Å². The topological polar surface area (TPSA) is 41.3 Å². The van der Waals surface area contributed by atoms with Crippen molar-refractivity contribution in [3.63, 3.8) is 0 Å². The lowest BCUT2D eigenvalue weighted by Crippen LogP contribution is -2.29. The maximum Gasteiger partial charge on any atom is 0.174 e. The van der Waals surface area contributed by atoms with Crippen molar-refractivity contribution >= 4 is 46.2 Å². The summed E-state index contributed by atoms with van der Waals surface area (Å²) >= 11 is 18.3. The zero-order valence-electron chi connectivity index (χ0n) is 17.1. The van der Waals surface area contributed by atoms with E-state index in [4.69, 9.17) is 39.8 Å². The van der Waals surface area contributed by atoms with E-state index < -0.39 is 0 Å². The van der Waals surface area contributed by atoms with E-state index >= 15 is 0 Å². The third kappa shape index (κ3) is 3.88. The Morgan fingerprint density at radius 1 is 1.00 bits per heavy atom. The number of anilines is 1. The highest BCUT2D eigenvalue weighted by molar-refractivity contribution is 7.80. The second kappa shape index (κ2) is 8.58. The Balaban J connectivity index is 1.61. The molecule has 0 aliphatic carbocycles. The van der Waals surface area contributed by atoms with Gasteiger partial charge in [0.2, 0.25) is 0 Å². The number of halogens is 2. The fourth-order valence-electron chi connectivity index (χ4n) is 4.05. The maximum absolute atomic E-state index is 6.42. The first-order valence-corrected chi connectivity index (χ1v) is 11.3. The van der Waals surface area contributed by atoms with Gasteiger partial charge in [0.1, 0.15) is 17.6 Å². The van der Waals surface area contributed by atoms with E-state index in [1.165, 1.54) is 0 Å². The molecule has 1 aliphatic rings. The number of rotatable bonds is 4. The fraction of sp³-hybridized carbons (Fsp3) is 0.120. The summed E-state index contributed by atoms with van der Waals surface area (Å²) in [5.41, 5.74) is 3.82. The van der Waals surface area contributed by atoms with Crippen molar-refractivity contribution in [2.75, 3.05) is 4.90 Å². The Kier molecular flexibility index (Phi) is 5.64. The third-order valence-electron chi connectivity index (χ3n) is 5.49. The second-order valence-corrected chi connectivity index (χ2v) is 8.89. The smallest absolute Gasteiger partial charge is 0.174 e. The lowest BCUT2D eigenvalue weighted by molar-refractivity contribution is 0.439. The summed E-state index contributed by atoms with van der Waals surface area (Å²) in [5, 5.41) is 5.19. The van der Waals surface area contributed by atoms with Gasteiger partial charge in [0, 0.05) is 22.5 Å². The van der Waals surface area contributed by atoms with Crippen LogP contribution in [0.15, 0.2) is 83.4 Å². The van der Waals surface area contributed by atoms with Crippen LogP contribution in [-0.4, -0.2) is 10.1 Å². The van der Waals surface area contributed by atoms with Crippen LogP contribution in [0.25, 0.3) is 11.3 Å². The van der Waals surface area contributed by atoms with Crippen LogP contribution in [0.2, 0.25) is 10.0 Å². The van der Waals surface area contributed by atoms with Gasteiger partial charge in [-0.05, 0) is 79.3 Å². The number of hydrogen-bond acceptors (Lipinski definition) is 3. The van der Waals surface area contributed by atoms with Gasteiger partial charge in [-0.25, -0.2) is 0 Å². The number of furan rings is 1. The monoisotopic (exact) mass is 479 g/mol. The summed E-state index contributed by atoms with van der Waals surface area (Å²) < 4.78 is 6.36. The molecule has 2 atom stereocenters. The van der Waals surface area contributed by atoms with Crippen molar-refractivity contribution in [2.24, 2.45) is 0 Å². The van der Waals surface area contributed by atoms with Crippen LogP contribution in [0.5, 0.6) is 0 Å². The Hall–Kier alpha value is -2.86. The molecule has 0 radical (unpaired) electrons. The van der Waals surface area contributed by atoms with E-state index in [1.807, 2.05) is 42.5 Å². The second-order valence-electron chi connectivity index (χ2n) is 7.66. The minimum Gasteiger partial charge on any atom is -0.459 e. The third-order valence-corrected chi connectivity index (χ3v) is 6.36. The number of hydrogen-bond donors (Lipinski definition) is 1. The van der Waals surface area contributed by atoms with E-state index in [9.17, 15) is 0 Å². The molecule has 32 heavy (non-hydrogen) atoms. The summed E-state index contributed by atoms with van der Waals surface area (Å²) in [6.45, 7) is 2.06. The van der Waals surface area contributed by atoms with Crippen molar-refractivity contribution < 1.29 is 4.42 Å². The molecule has 1 saturated heterocycles. The lowest BCUT2D eigenvalue weighted by atomic mass is 10.0. The number of aromatic nitrogens is 1. The van der Waals surface area contributed by atoms with E-state index in [0.717, 1.165) is 28.3 Å². The number of thiocarbonyl (C=S) groups is 1. The maximum atomic E-state index is 6.42. The number of nitrogens with one attached hydrogen (secondary N) is 1. The van der Waals surface area contributed by atoms with Crippen LogP contribution < -0.4 is 10.2 Å². The quantitative estimate of drug-likeness (QED) is 0.315. The Morgan fingerprint density at radius 3 is 2.62 bits per heavy atom. The Bertz CT molecular complexity index is 1290. The van der Waals surface area contributed by atoms with Gasteiger partial charge in [-0.2, -0.15) is 0 Å². The summed E-state index contributed by atoms with van der Waals surface area (Å²) in [5.74, 6) is 1.43. The summed E-state index contributed by atoms with van der Waals surface area (Å²) in [6.07, 6.45) is 1.79. The molecule has 4 nitrogen and oxygen atoms in total. The predicted octanol–water partition coefficient (Wildman–Crippen LogP) is 7.13. The average Bonchev–Trinajstić information content (AvgIpc) is 3.39. The summed E-state index contributed by atoms with van der Waals surface area (Å²) in [6, 6.07) is 23.0. The first-order chi connectivity index (χ1) is 15.5. The molecule has 4 aromatic rings. The normalized spacial score (nSPS) is 18.1. The van der Waals surface area contributed by atoms with E-state index in [2.05, 4.69) is 40.3 Å². The molecule has 2 aromatic carbocycles. The van der Waals surface area contributed by atoms with Crippen LogP contribution in [0.1, 0.15) is 29.1 Å². The molecule has 0 bridgehead atoms. The van der Waals surface area contributed by atoms with Crippen molar-refractivity contribution in [1.82, 2.24) is 10.3 Å². The van der Waals surface area contributed by atoms with Crippen LogP contribution in [0.3, 0.4) is 0 Å². The van der Waals surface area contributed by atoms with Gasteiger partial charge in [-0.1, -0.05) is 41.4 Å². The van der Waals surface area contributed by atoms with Crippen molar-refractivity contribution in [3.8, 4) is 11.3 Å². The van der Waals surface area contributed by atoms with E-state index in [1.54, 1.807) is 18.3 Å². The Labute approximate surface area is 201 Å². The molecular formula is C25H19Cl2N3OS. The molecular weight excluding hydrogens is 461 g/mol. The van der Waals surface area contributed by atoms with Gasteiger partial charge < -0.3 is 14.6 Å². The minimum atomic E-state index is -0.223. The lowest BCUT2D eigenvalue weighted by Gasteiger charge is -2.26. The van der Waals surface area contributed by atoms with Gasteiger partial charge in [-0.3, -0.25) is 4.98 Å². The Morgan fingerprint density at radius 2 is 1.88 bits per heavy atom. The number of pyridine rings is 1. The molecule has 2 unspecified atom stereocenters. The van der Waals surface area contributed by atoms with Crippen molar-refractivity contribution in [1.29, 1.82) is 0 Å².